The number of anilines is 1. The fourth-order valence-electron chi connectivity index (χ4n) is 1.93. The molecule has 0 spiro atoms. The Morgan fingerprint density at radius 3 is 2.50 bits per heavy atom. The third kappa shape index (κ3) is 4.42. The van der Waals surface area contributed by atoms with Crippen molar-refractivity contribution in [3.05, 3.63) is 75.8 Å². The summed E-state index contributed by atoms with van der Waals surface area (Å²) in [6.45, 7) is 0. The molecule has 5 nitrogen and oxygen atoms in total. The monoisotopic (exact) mass is 336 g/mol. The normalized spacial score (nSPS) is 11.5. The second kappa shape index (κ2) is 6.95. The first-order chi connectivity index (χ1) is 11.3. The van der Waals surface area contributed by atoms with Crippen molar-refractivity contribution in [2.75, 3.05) is 5.32 Å². The first-order valence-electron chi connectivity index (χ1n) is 6.67. The molecule has 1 amide bonds. The summed E-state index contributed by atoms with van der Waals surface area (Å²) in [5.41, 5.74) is -1.09. The molecular formula is C16H11F3N2O3. The fraction of sp³-hybridized carbons (Fsp3) is 0.0625. The number of nitro benzene ring substituents is 1. The lowest BCUT2D eigenvalue weighted by atomic mass is 10.1. The first-order valence-corrected chi connectivity index (χ1v) is 6.67. The van der Waals surface area contributed by atoms with Gasteiger partial charge in [-0.25, -0.2) is 0 Å². The summed E-state index contributed by atoms with van der Waals surface area (Å²) in [4.78, 5) is 21.9. The molecule has 2 aromatic carbocycles. The molecule has 0 heterocycles. The number of carbonyl (C=O) groups excluding carboxylic acids is 1. The predicted molar refractivity (Wildman–Crippen MR) is 82.2 cm³/mol. The van der Waals surface area contributed by atoms with Gasteiger partial charge in [-0.15, -0.1) is 0 Å². The zero-order chi connectivity index (χ0) is 17.7. The minimum atomic E-state index is -4.59. The van der Waals surface area contributed by atoms with Gasteiger partial charge in [0.25, 0.3) is 5.69 Å². The van der Waals surface area contributed by atoms with Crippen molar-refractivity contribution in [1.29, 1.82) is 0 Å². The number of amides is 1. The quantitative estimate of drug-likeness (QED) is 0.515. The minimum absolute atomic E-state index is 0.153. The first kappa shape index (κ1) is 17.2. The van der Waals surface area contributed by atoms with E-state index in [0.717, 1.165) is 18.2 Å². The van der Waals surface area contributed by atoms with Crippen LogP contribution in [0.3, 0.4) is 0 Å². The highest BCUT2D eigenvalue weighted by Gasteiger charge is 2.33. The average molecular weight is 336 g/mol. The zero-order valence-corrected chi connectivity index (χ0v) is 12.1. The lowest BCUT2D eigenvalue weighted by molar-refractivity contribution is -0.384. The van der Waals surface area contributed by atoms with Gasteiger partial charge < -0.3 is 5.32 Å². The molecule has 0 fully saturated rings. The van der Waals surface area contributed by atoms with Crippen LogP contribution in [0.1, 0.15) is 11.1 Å². The van der Waals surface area contributed by atoms with Crippen molar-refractivity contribution in [2.45, 2.75) is 6.18 Å². The van der Waals surface area contributed by atoms with Crippen LogP contribution in [0.15, 0.2) is 54.6 Å². The van der Waals surface area contributed by atoms with E-state index in [1.54, 1.807) is 0 Å². The summed E-state index contributed by atoms with van der Waals surface area (Å²) in [5.74, 6) is -0.779. The van der Waals surface area contributed by atoms with Crippen LogP contribution in [-0.4, -0.2) is 10.8 Å². The Morgan fingerprint density at radius 1 is 1.12 bits per heavy atom. The summed E-state index contributed by atoms with van der Waals surface area (Å²) in [6.07, 6.45) is -2.31. The minimum Gasteiger partial charge on any atom is -0.322 e. The molecular weight excluding hydrogens is 325 g/mol. The van der Waals surface area contributed by atoms with Crippen molar-refractivity contribution in [3.8, 4) is 0 Å². The van der Waals surface area contributed by atoms with Gasteiger partial charge in [0.1, 0.15) is 0 Å². The van der Waals surface area contributed by atoms with E-state index in [2.05, 4.69) is 5.32 Å². The molecule has 124 valence electrons. The third-order valence-electron chi connectivity index (χ3n) is 3.00. The lowest BCUT2D eigenvalue weighted by Crippen LogP contribution is -2.14. The molecule has 0 aliphatic rings. The van der Waals surface area contributed by atoms with Crippen LogP contribution in [0.25, 0.3) is 6.08 Å². The standard InChI is InChI=1S/C16H11F3N2O3/c17-16(18,19)13-6-1-2-7-14(13)20-15(22)9-8-11-4-3-5-12(10-11)21(23)24/h1-10H,(H,20,22)/b9-8+. The maximum Gasteiger partial charge on any atom is 0.418 e. The van der Waals surface area contributed by atoms with Gasteiger partial charge in [-0.2, -0.15) is 13.2 Å². The maximum atomic E-state index is 12.8. The van der Waals surface area contributed by atoms with Crippen molar-refractivity contribution in [3.63, 3.8) is 0 Å². The molecule has 24 heavy (non-hydrogen) atoms. The van der Waals surface area contributed by atoms with Crippen LogP contribution in [0.4, 0.5) is 24.5 Å². The summed E-state index contributed by atoms with van der Waals surface area (Å²) in [5, 5.41) is 12.8. The summed E-state index contributed by atoms with van der Waals surface area (Å²) in [6, 6.07) is 10.1. The Kier molecular flexibility index (Phi) is 4.98. The predicted octanol–water partition coefficient (Wildman–Crippen LogP) is 4.27. The Labute approximate surface area is 134 Å². The number of halogens is 3. The van der Waals surface area contributed by atoms with Gasteiger partial charge in [-0.1, -0.05) is 24.3 Å². The third-order valence-corrected chi connectivity index (χ3v) is 3.00. The van der Waals surface area contributed by atoms with Crippen LogP contribution in [-0.2, 0) is 11.0 Å². The largest absolute Gasteiger partial charge is 0.418 e. The highest BCUT2D eigenvalue weighted by molar-refractivity contribution is 6.02. The molecule has 8 heteroatoms. The molecule has 0 saturated heterocycles. The topological polar surface area (TPSA) is 72.2 Å². The van der Waals surface area contributed by atoms with Crippen LogP contribution in [0.2, 0.25) is 0 Å². The van der Waals surface area contributed by atoms with E-state index < -0.39 is 22.6 Å². The molecule has 0 aliphatic carbocycles. The number of nitrogens with one attached hydrogen (secondary N) is 1. The molecule has 0 saturated carbocycles. The number of non-ortho nitro benzene ring substituents is 1. The number of nitrogens with zero attached hydrogens (tertiary/aromatic N) is 1. The second-order valence-corrected chi connectivity index (χ2v) is 4.72. The highest BCUT2D eigenvalue weighted by atomic mass is 19.4. The van der Waals surface area contributed by atoms with Gasteiger partial charge in [-0.05, 0) is 23.8 Å². The van der Waals surface area contributed by atoms with Crippen LogP contribution < -0.4 is 5.32 Å². The van der Waals surface area contributed by atoms with Crippen molar-refractivity contribution >= 4 is 23.4 Å². The molecule has 2 aromatic rings. The summed E-state index contributed by atoms with van der Waals surface area (Å²) < 4.78 is 38.5. The Hall–Kier alpha value is -3.16. The number of para-hydroxylation sites is 1. The number of benzene rings is 2. The van der Waals surface area contributed by atoms with Gasteiger partial charge in [0.15, 0.2) is 0 Å². The zero-order valence-electron chi connectivity index (χ0n) is 12.1. The summed E-state index contributed by atoms with van der Waals surface area (Å²) >= 11 is 0. The van der Waals surface area contributed by atoms with Gasteiger partial charge in [0, 0.05) is 18.2 Å². The number of carbonyl (C=O) groups is 1. The lowest BCUT2D eigenvalue weighted by Gasteiger charge is -2.12. The van der Waals surface area contributed by atoms with Gasteiger partial charge in [-0.3, -0.25) is 14.9 Å². The SMILES string of the molecule is O=C(/C=C/c1cccc([N+](=O)[O-])c1)Nc1ccccc1C(F)(F)F. The molecule has 0 aliphatic heterocycles. The number of hydrogen-bond donors (Lipinski definition) is 1. The van der Waals surface area contributed by atoms with Crippen LogP contribution in [0, 0.1) is 10.1 Å². The van der Waals surface area contributed by atoms with E-state index in [4.69, 9.17) is 0 Å². The molecule has 0 atom stereocenters. The van der Waals surface area contributed by atoms with Crippen molar-refractivity contribution in [2.24, 2.45) is 0 Å². The van der Waals surface area contributed by atoms with E-state index >= 15 is 0 Å². The number of alkyl halides is 3. The Balaban J connectivity index is 2.15. The fourth-order valence-corrected chi connectivity index (χ4v) is 1.93. The molecule has 0 bridgehead atoms. The Morgan fingerprint density at radius 2 is 1.83 bits per heavy atom. The van der Waals surface area contributed by atoms with E-state index in [0.29, 0.717) is 5.56 Å². The molecule has 1 N–H and O–H groups in total. The van der Waals surface area contributed by atoms with Crippen molar-refractivity contribution in [1.82, 2.24) is 0 Å². The van der Waals surface area contributed by atoms with E-state index in [1.807, 2.05) is 0 Å². The van der Waals surface area contributed by atoms with Gasteiger partial charge >= 0.3 is 6.18 Å². The van der Waals surface area contributed by atoms with E-state index in [-0.39, 0.29) is 11.4 Å². The number of nitro groups is 1. The second-order valence-electron chi connectivity index (χ2n) is 4.72. The maximum absolute atomic E-state index is 12.8. The Bertz CT molecular complexity index is 801. The van der Waals surface area contributed by atoms with E-state index in [1.165, 1.54) is 42.5 Å². The van der Waals surface area contributed by atoms with Crippen LogP contribution >= 0.6 is 0 Å². The molecule has 0 radical (unpaired) electrons. The van der Waals surface area contributed by atoms with E-state index in [9.17, 15) is 28.1 Å². The smallest absolute Gasteiger partial charge is 0.322 e. The van der Waals surface area contributed by atoms with Crippen LogP contribution in [0.5, 0.6) is 0 Å². The average Bonchev–Trinajstić information content (AvgIpc) is 2.52. The molecule has 0 aromatic heterocycles. The number of rotatable bonds is 4. The number of hydrogen-bond acceptors (Lipinski definition) is 3. The van der Waals surface area contributed by atoms with Crippen molar-refractivity contribution < 1.29 is 22.9 Å². The van der Waals surface area contributed by atoms with Gasteiger partial charge in [0.2, 0.25) is 5.91 Å². The highest BCUT2D eigenvalue weighted by Crippen LogP contribution is 2.34. The molecule has 2 rings (SSSR count). The summed E-state index contributed by atoms with van der Waals surface area (Å²) in [7, 11) is 0. The molecule has 0 unspecified atom stereocenters. The van der Waals surface area contributed by atoms with Gasteiger partial charge in [0.05, 0.1) is 16.2 Å².